The largest absolute Gasteiger partial charge is 0.493 e. The fraction of sp³-hybridized carbons (Fsp3) is 0.412. The number of methoxy groups -OCH3 is 1. The summed E-state index contributed by atoms with van der Waals surface area (Å²) >= 11 is 3.50. The van der Waals surface area contributed by atoms with Crippen LogP contribution in [0.1, 0.15) is 38.3 Å². The van der Waals surface area contributed by atoms with E-state index in [1.54, 1.807) is 11.6 Å². The third-order valence-electron chi connectivity index (χ3n) is 4.14. The summed E-state index contributed by atoms with van der Waals surface area (Å²) < 4.78 is 13.4. The second-order valence-electron chi connectivity index (χ2n) is 5.89. The molecule has 0 radical (unpaired) electrons. The first kappa shape index (κ1) is 18.4. The van der Waals surface area contributed by atoms with Crippen molar-refractivity contribution in [2.24, 2.45) is 0 Å². The predicted octanol–water partition coefficient (Wildman–Crippen LogP) is 3.08. The zero-order valence-corrected chi connectivity index (χ0v) is 16.4. The van der Waals surface area contributed by atoms with Gasteiger partial charge in [-0.15, -0.1) is 0 Å². The van der Waals surface area contributed by atoms with Crippen LogP contribution in [-0.2, 0) is 9.53 Å². The molecule has 0 saturated carbocycles. The summed E-state index contributed by atoms with van der Waals surface area (Å²) in [5.41, 5.74) is 1.86. The van der Waals surface area contributed by atoms with E-state index >= 15 is 0 Å². The third kappa shape index (κ3) is 3.44. The summed E-state index contributed by atoms with van der Waals surface area (Å²) in [5, 5.41) is 14.8. The highest BCUT2D eigenvalue weighted by Crippen LogP contribution is 2.40. The smallest absolute Gasteiger partial charge is 0.338 e. The average Bonchev–Trinajstić information content (AvgIpc) is 3.09. The van der Waals surface area contributed by atoms with E-state index in [9.17, 15) is 4.79 Å². The van der Waals surface area contributed by atoms with Crippen molar-refractivity contribution in [2.45, 2.75) is 32.7 Å². The summed E-state index contributed by atoms with van der Waals surface area (Å²) in [6.07, 6.45) is 1.97. The molecule has 1 aromatic heterocycles. The van der Waals surface area contributed by atoms with E-state index in [1.807, 2.05) is 18.2 Å². The molecule has 0 bridgehead atoms. The zero-order chi connectivity index (χ0) is 18.7. The van der Waals surface area contributed by atoms with Gasteiger partial charge in [-0.3, -0.25) is 0 Å². The van der Waals surface area contributed by atoms with E-state index < -0.39 is 12.0 Å². The van der Waals surface area contributed by atoms with Crippen molar-refractivity contribution >= 4 is 27.8 Å². The molecule has 26 heavy (non-hydrogen) atoms. The molecule has 2 aromatic rings. The fourth-order valence-corrected chi connectivity index (χ4v) is 3.24. The number of nitrogens with one attached hydrogen (secondary N) is 1. The first-order valence-corrected chi connectivity index (χ1v) is 9.12. The fourth-order valence-electron chi connectivity index (χ4n) is 2.87. The Morgan fingerprint density at radius 2 is 2.23 bits per heavy atom. The quantitative estimate of drug-likeness (QED) is 0.565. The lowest BCUT2D eigenvalue weighted by Crippen LogP contribution is -2.29. The van der Waals surface area contributed by atoms with E-state index in [-0.39, 0.29) is 0 Å². The number of aromatic nitrogens is 4. The van der Waals surface area contributed by atoms with Crippen molar-refractivity contribution in [3.63, 3.8) is 0 Å². The number of carbonyl (C=O) groups is 1. The molecule has 1 atom stereocenters. The number of benzene rings is 1. The standard InChI is InChI=1S/C17H20BrN5O3/c1-4-5-8-26-13-7-6-11(18)9-12(13)15-14(16(24)25-3)10(2)19-17-20-21-22-23(15)17/h6-7,9,15H,4-5,8H2,1-3H3,(H,19,20,22). The highest BCUT2D eigenvalue weighted by atomic mass is 79.9. The van der Waals surface area contributed by atoms with E-state index in [0.717, 1.165) is 22.9 Å². The van der Waals surface area contributed by atoms with Gasteiger partial charge in [-0.1, -0.05) is 34.4 Å². The molecule has 8 nitrogen and oxygen atoms in total. The molecule has 1 aliphatic heterocycles. The van der Waals surface area contributed by atoms with Gasteiger partial charge in [0, 0.05) is 15.7 Å². The number of carbonyl (C=O) groups excluding carboxylic acids is 1. The molecule has 1 aliphatic rings. The Balaban J connectivity index is 2.13. The van der Waals surface area contributed by atoms with Crippen LogP contribution in [0.3, 0.4) is 0 Å². The molecule has 0 aliphatic carbocycles. The number of halogens is 1. The lowest BCUT2D eigenvalue weighted by atomic mass is 9.95. The summed E-state index contributed by atoms with van der Waals surface area (Å²) in [7, 11) is 1.36. The van der Waals surface area contributed by atoms with Crippen molar-refractivity contribution in [1.29, 1.82) is 0 Å². The molecule has 0 saturated heterocycles. The predicted molar refractivity (Wildman–Crippen MR) is 98.8 cm³/mol. The molecule has 0 spiro atoms. The van der Waals surface area contributed by atoms with Gasteiger partial charge >= 0.3 is 5.97 Å². The van der Waals surface area contributed by atoms with Crippen molar-refractivity contribution in [2.75, 3.05) is 19.0 Å². The maximum atomic E-state index is 12.5. The van der Waals surface area contributed by atoms with Gasteiger partial charge in [0.1, 0.15) is 11.8 Å². The van der Waals surface area contributed by atoms with Crippen molar-refractivity contribution in [3.05, 3.63) is 39.5 Å². The topological polar surface area (TPSA) is 91.2 Å². The monoisotopic (exact) mass is 421 g/mol. The number of ether oxygens (including phenoxy) is 2. The normalized spacial score (nSPS) is 16.1. The van der Waals surface area contributed by atoms with E-state index in [4.69, 9.17) is 9.47 Å². The summed E-state index contributed by atoms with van der Waals surface area (Å²) in [4.78, 5) is 12.5. The molecule has 3 rings (SSSR count). The van der Waals surface area contributed by atoms with Gasteiger partial charge < -0.3 is 14.8 Å². The minimum atomic E-state index is -0.553. The van der Waals surface area contributed by atoms with E-state index in [1.165, 1.54) is 7.11 Å². The first-order valence-electron chi connectivity index (χ1n) is 8.33. The van der Waals surface area contributed by atoms with Gasteiger partial charge in [0.15, 0.2) is 0 Å². The zero-order valence-electron chi connectivity index (χ0n) is 14.8. The van der Waals surface area contributed by atoms with Gasteiger partial charge in [0.25, 0.3) is 0 Å². The van der Waals surface area contributed by atoms with E-state index in [2.05, 4.69) is 43.7 Å². The SMILES string of the molecule is CCCCOc1ccc(Br)cc1C1C(C(=O)OC)=C(C)Nc2nnnn21. The molecule has 0 amide bonds. The maximum Gasteiger partial charge on any atom is 0.338 e. The van der Waals surface area contributed by atoms with Crippen LogP contribution in [0.5, 0.6) is 5.75 Å². The van der Waals surface area contributed by atoms with Gasteiger partial charge in [0.2, 0.25) is 5.95 Å². The molecule has 0 fully saturated rings. The number of tetrazole rings is 1. The molecule has 1 aromatic carbocycles. The summed E-state index contributed by atoms with van der Waals surface area (Å²) in [5.74, 6) is 0.699. The number of fused-ring (bicyclic) bond motifs is 1. The van der Waals surface area contributed by atoms with Gasteiger partial charge in [0.05, 0.1) is 19.3 Å². The summed E-state index contributed by atoms with van der Waals surface area (Å²) in [6, 6.07) is 5.15. The molecule has 2 heterocycles. The average molecular weight is 422 g/mol. The number of hydrogen-bond acceptors (Lipinski definition) is 7. The Kier molecular flexibility index (Phi) is 5.55. The number of nitrogens with zero attached hydrogens (tertiary/aromatic N) is 4. The minimum absolute atomic E-state index is 0.436. The molecule has 138 valence electrons. The van der Waals surface area contributed by atoms with E-state index in [0.29, 0.717) is 29.6 Å². The van der Waals surface area contributed by atoms with Crippen LogP contribution in [0, 0.1) is 0 Å². The number of allylic oxidation sites excluding steroid dienone is 1. The lowest BCUT2D eigenvalue weighted by Gasteiger charge is -2.28. The van der Waals surface area contributed by atoms with Crippen LogP contribution in [0.25, 0.3) is 0 Å². The highest BCUT2D eigenvalue weighted by Gasteiger charge is 2.36. The van der Waals surface area contributed by atoms with Crippen LogP contribution in [0.15, 0.2) is 33.9 Å². The second kappa shape index (κ2) is 7.86. The van der Waals surface area contributed by atoms with Crippen LogP contribution in [-0.4, -0.2) is 39.9 Å². The van der Waals surface area contributed by atoms with Crippen molar-refractivity contribution in [1.82, 2.24) is 20.2 Å². The number of unbranched alkanes of at least 4 members (excludes halogenated alkanes) is 1. The Morgan fingerprint density at radius 1 is 1.42 bits per heavy atom. The molecule has 1 N–H and O–H groups in total. The van der Waals surface area contributed by atoms with Crippen molar-refractivity contribution < 1.29 is 14.3 Å². The highest BCUT2D eigenvalue weighted by molar-refractivity contribution is 9.10. The summed E-state index contributed by atoms with van der Waals surface area (Å²) in [6.45, 7) is 4.50. The number of hydrogen-bond donors (Lipinski definition) is 1. The minimum Gasteiger partial charge on any atom is -0.493 e. The number of esters is 1. The van der Waals surface area contributed by atoms with Crippen LogP contribution < -0.4 is 10.1 Å². The van der Waals surface area contributed by atoms with Crippen LogP contribution in [0.4, 0.5) is 5.95 Å². The maximum absolute atomic E-state index is 12.5. The Bertz CT molecular complexity index is 849. The second-order valence-corrected chi connectivity index (χ2v) is 6.80. The molecule has 9 heteroatoms. The Morgan fingerprint density at radius 3 is 2.96 bits per heavy atom. The van der Waals surface area contributed by atoms with Gasteiger partial charge in [-0.05, 0) is 42.0 Å². The van der Waals surface area contributed by atoms with Crippen LogP contribution >= 0.6 is 15.9 Å². The van der Waals surface area contributed by atoms with Crippen molar-refractivity contribution in [3.8, 4) is 5.75 Å². The first-order chi connectivity index (χ1) is 12.6. The number of rotatable bonds is 6. The van der Waals surface area contributed by atoms with Gasteiger partial charge in [-0.2, -0.15) is 4.68 Å². The number of anilines is 1. The van der Waals surface area contributed by atoms with Crippen LogP contribution in [0.2, 0.25) is 0 Å². The lowest BCUT2D eigenvalue weighted by molar-refractivity contribution is -0.136. The molecular formula is C17H20BrN5O3. The Labute approximate surface area is 159 Å². The Hall–Kier alpha value is -2.42. The molecule has 1 unspecified atom stereocenters. The van der Waals surface area contributed by atoms with Gasteiger partial charge in [-0.25, -0.2) is 4.79 Å². The molecular weight excluding hydrogens is 402 g/mol. The third-order valence-corrected chi connectivity index (χ3v) is 4.63.